The molecule has 0 radical (unpaired) electrons. The molecular weight excluding hydrogens is 428 g/mol. The number of carbonyl (C=O) groups is 1. The smallest absolute Gasteiger partial charge is 0.284 e. The minimum Gasteiger partial charge on any atom is -0.349 e. The van der Waals surface area contributed by atoms with E-state index in [9.17, 15) is 14.9 Å². The quantitative estimate of drug-likeness (QED) is 0.433. The molecule has 1 fully saturated rings. The van der Waals surface area contributed by atoms with Crippen LogP contribution in [-0.2, 0) is 13.6 Å². The standard InChI is InChI=1S/C22H24N6O3S/c1-26-15-23-25-22(26)32-20-8-7-17(13-19(20)28(30)31)21(29)24-18-9-11-27(12-10-18)14-16-5-3-2-4-6-16/h2-8,13,15,18H,9-12,14H2,1H3,(H,24,29). The molecule has 0 spiro atoms. The van der Waals surface area contributed by atoms with Gasteiger partial charge in [-0.05, 0) is 42.3 Å². The lowest BCUT2D eigenvalue weighted by Crippen LogP contribution is -2.44. The summed E-state index contributed by atoms with van der Waals surface area (Å²) >= 11 is 1.14. The van der Waals surface area contributed by atoms with E-state index in [1.54, 1.807) is 23.7 Å². The molecule has 9 nitrogen and oxygen atoms in total. The molecule has 2 aromatic carbocycles. The third kappa shape index (κ3) is 5.32. The Kier molecular flexibility index (Phi) is 6.81. The lowest BCUT2D eigenvalue weighted by Gasteiger charge is -2.32. The second kappa shape index (κ2) is 9.92. The van der Waals surface area contributed by atoms with Gasteiger partial charge in [0, 0.05) is 44.4 Å². The summed E-state index contributed by atoms with van der Waals surface area (Å²) < 4.78 is 1.68. The number of nitrogens with zero attached hydrogens (tertiary/aromatic N) is 5. The summed E-state index contributed by atoms with van der Waals surface area (Å²) in [6.07, 6.45) is 3.22. The zero-order valence-electron chi connectivity index (χ0n) is 17.7. The Morgan fingerprint density at radius 1 is 1.22 bits per heavy atom. The number of benzene rings is 2. The minimum absolute atomic E-state index is 0.0567. The van der Waals surface area contributed by atoms with Crippen molar-refractivity contribution in [3.8, 4) is 0 Å². The third-order valence-electron chi connectivity index (χ3n) is 5.46. The van der Waals surface area contributed by atoms with Gasteiger partial charge in [-0.2, -0.15) is 0 Å². The number of carbonyl (C=O) groups excluding carboxylic acids is 1. The maximum absolute atomic E-state index is 12.8. The van der Waals surface area contributed by atoms with E-state index in [0.717, 1.165) is 44.2 Å². The van der Waals surface area contributed by atoms with Crippen LogP contribution in [0, 0.1) is 10.1 Å². The molecule has 0 aliphatic carbocycles. The Hall–Kier alpha value is -3.24. The average Bonchev–Trinajstić information content (AvgIpc) is 3.20. The first-order valence-electron chi connectivity index (χ1n) is 10.4. The van der Waals surface area contributed by atoms with Crippen LogP contribution in [0.25, 0.3) is 0 Å². The SMILES string of the molecule is Cn1cnnc1Sc1ccc(C(=O)NC2CCN(Cc3ccccc3)CC2)cc1[N+](=O)[O-]. The first-order chi connectivity index (χ1) is 15.5. The number of nitrogens with one attached hydrogen (secondary N) is 1. The summed E-state index contributed by atoms with van der Waals surface area (Å²) in [7, 11) is 1.77. The van der Waals surface area contributed by atoms with E-state index < -0.39 is 4.92 Å². The highest BCUT2D eigenvalue weighted by Gasteiger charge is 2.24. The number of hydrogen-bond acceptors (Lipinski definition) is 7. The molecular formula is C22H24N6O3S. The van der Waals surface area contributed by atoms with Crippen molar-refractivity contribution in [1.29, 1.82) is 0 Å². The van der Waals surface area contributed by atoms with Gasteiger partial charge < -0.3 is 9.88 Å². The van der Waals surface area contributed by atoms with Gasteiger partial charge in [-0.3, -0.25) is 19.8 Å². The number of amides is 1. The lowest BCUT2D eigenvalue weighted by molar-refractivity contribution is -0.387. The fourth-order valence-electron chi connectivity index (χ4n) is 3.70. The van der Waals surface area contributed by atoms with Gasteiger partial charge in [-0.25, -0.2) is 0 Å². The summed E-state index contributed by atoms with van der Waals surface area (Å²) in [5.41, 5.74) is 1.44. The van der Waals surface area contributed by atoms with Gasteiger partial charge in [0.15, 0.2) is 5.16 Å². The summed E-state index contributed by atoms with van der Waals surface area (Å²) in [6, 6.07) is 14.9. The van der Waals surface area contributed by atoms with Crippen LogP contribution in [0.2, 0.25) is 0 Å². The average molecular weight is 453 g/mol. The summed E-state index contributed by atoms with van der Waals surface area (Å²) in [5.74, 6) is -0.287. The first kappa shape index (κ1) is 22.0. The van der Waals surface area contributed by atoms with E-state index in [0.29, 0.717) is 10.1 Å². The van der Waals surface area contributed by atoms with Crippen LogP contribution in [0.5, 0.6) is 0 Å². The van der Waals surface area contributed by atoms with Crippen LogP contribution in [0.15, 0.2) is 64.9 Å². The van der Waals surface area contributed by atoms with Crippen molar-refractivity contribution in [2.24, 2.45) is 7.05 Å². The summed E-state index contributed by atoms with van der Waals surface area (Å²) in [6.45, 7) is 2.69. The fraction of sp³-hybridized carbons (Fsp3) is 0.318. The second-order valence-corrected chi connectivity index (χ2v) is 8.78. The number of piperidine rings is 1. The highest BCUT2D eigenvalue weighted by atomic mass is 32.2. The molecule has 1 amide bonds. The molecule has 1 aliphatic heterocycles. The largest absolute Gasteiger partial charge is 0.349 e. The van der Waals surface area contributed by atoms with Crippen molar-refractivity contribution < 1.29 is 9.72 Å². The molecule has 10 heteroatoms. The van der Waals surface area contributed by atoms with E-state index in [-0.39, 0.29) is 23.2 Å². The van der Waals surface area contributed by atoms with Gasteiger partial charge in [0.25, 0.3) is 11.6 Å². The van der Waals surface area contributed by atoms with Crippen molar-refractivity contribution >= 4 is 23.4 Å². The topological polar surface area (TPSA) is 106 Å². The van der Waals surface area contributed by atoms with Crippen LogP contribution in [-0.4, -0.2) is 49.6 Å². The number of rotatable bonds is 7. The van der Waals surface area contributed by atoms with E-state index in [1.165, 1.54) is 18.0 Å². The van der Waals surface area contributed by atoms with Gasteiger partial charge >= 0.3 is 0 Å². The molecule has 0 unspecified atom stereocenters. The van der Waals surface area contributed by atoms with Gasteiger partial charge in [-0.1, -0.05) is 30.3 Å². The molecule has 32 heavy (non-hydrogen) atoms. The maximum atomic E-state index is 12.8. The number of hydrogen-bond donors (Lipinski definition) is 1. The Balaban J connectivity index is 1.36. The minimum atomic E-state index is -0.475. The van der Waals surface area contributed by atoms with Crippen molar-refractivity contribution in [2.75, 3.05) is 13.1 Å². The molecule has 1 saturated heterocycles. The van der Waals surface area contributed by atoms with Crippen molar-refractivity contribution in [3.63, 3.8) is 0 Å². The van der Waals surface area contributed by atoms with Gasteiger partial charge in [0.05, 0.1) is 9.82 Å². The van der Waals surface area contributed by atoms with Crippen molar-refractivity contribution in [1.82, 2.24) is 25.0 Å². The number of likely N-dealkylation sites (tertiary alicyclic amines) is 1. The summed E-state index contributed by atoms with van der Waals surface area (Å²) in [5, 5.41) is 22.9. The molecule has 1 aromatic heterocycles. The van der Waals surface area contributed by atoms with Gasteiger partial charge in [0.1, 0.15) is 6.33 Å². The Bertz CT molecular complexity index is 1100. The Morgan fingerprint density at radius 3 is 2.62 bits per heavy atom. The lowest BCUT2D eigenvalue weighted by atomic mass is 10.0. The van der Waals surface area contributed by atoms with Crippen molar-refractivity contribution in [2.45, 2.75) is 35.5 Å². The maximum Gasteiger partial charge on any atom is 0.284 e. The predicted octanol–water partition coefficient (Wildman–Crippen LogP) is 3.27. The normalized spacial score (nSPS) is 14.9. The van der Waals surface area contributed by atoms with Crippen LogP contribution in [0.3, 0.4) is 0 Å². The zero-order chi connectivity index (χ0) is 22.5. The molecule has 0 bridgehead atoms. The molecule has 4 rings (SSSR count). The number of nitro benzene ring substituents is 1. The first-order valence-corrected chi connectivity index (χ1v) is 11.2. The van der Waals surface area contributed by atoms with E-state index >= 15 is 0 Å². The Labute approximate surface area is 190 Å². The van der Waals surface area contributed by atoms with Crippen LogP contribution in [0.1, 0.15) is 28.8 Å². The molecule has 166 valence electrons. The summed E-state index contributed by atoms with van der Waals surface area (Å²) in [4.78, 5) is 26.7. The molecule has 1 N–H and O–H groups in total. The van der Waals surface area contributed by atoms with E-state index in [4.69, 9.17) is 0 Å². The monoisotopic (exact) mass is 452 g/mol. The second-order valence-electron chi connectivity index (χ2n) is 7.78. The molecule has 0 atom stereocenters. The Morgan fingerprint density at radius 2 is 1.97 bits per heavy atom. The van der Waals surface area contributed by atoms with Gasteiger partial charge in [0.2, 0.25) is 0 Å². The van der Waals surface area contributed by atoms with Crippen LogP contribution >= 0.6 is 11.8 Å². The molecule has 3 aromatic rings. The number of aryl methyl sites for hydroxylation is 1. The number of nitro groups is 1. The predicted molar refractivity (Wildman–Crippen MR) is 120 cm³/mol. The zero-order valence-corrected chi connectivity index (χ0v) is 18.5. The highest BCUT2D eigenvalue weighted by molar-refractivity contribution is 7.99. The number of aromatic nitrogens is 3. The third-order valence-corrected chi connectivity index (χ3v) is 6.58. The molecule has 1 aliphatic rings. The van der Waals surface area contributed by atoms with E-state index in [1.807, 2.05) is 18.2 Å². The van der Waals surface area contributed by atoms with Crippen molar-refractivity contribution in [3.05, 3.63) is 76.1 Å². The van der Waals surface area contributed by atoms with Crippen LogP contribution < -0.4 is 5.32 Å². The van der Waals surface area contributed by atoms with Gasteiger partial charge in [-0.15, -0.1) is 10.2 Å². The van der Waals surface area contributed by atoms with E-state index in [2.05, 4.69) is 32.5 Å². The molecule has 0 saturated carbocycles. The highest BCUT2D eigenvalue weighted by Crippen LogP contribution is 2.34. The van der Waals surface area contributed by atoms with Crippen LogP contribution in [0.4, 0.5) is 5.69 Å². The molecule has 2 heterocycles. The fourth-order valence-corrected chi connectivity index (χ4v) is 4.55.